The predicted molar refractivity (Wildman–Crippen MR) is 68.2 cm³/mol. The largest absolute Gasteiger partial charge is 0.460 e. The van der Waals surface area contributed by atoms with Gasteiger partial charge >= 0.3 is 0 Å². The molecule has 0 saturated carbocycles. The molecule has 0 spiro atoms. The van der Waals surface area contributed by atoms with Crippen molar-refractivity contribution in [2.45, 2.75) is 13.5 Å². The van der Waals surface area contributed by atoms with Gasteiger partial charge in [-0.15, -0.1) is 0 Å². The summed E-state index contributed by atoms with van der Waals surface area (Å²) in [6.45, 7) is 2.66. The van der Waals surface area contributed by atoms with Gasteiger partial charge in [-0.2, -0.15) is 5.10 Å². The Hall–Kier alpha value is -2.14. The van der Waals surface area contributed by atoms with E-state index in [0.717, 1.165) is 35.1 Å². The van der Waals surface area contributed by atoms with E-state index >= 15 is 0 Å². The SMILES string of the molecule is CNCc1cn2nc(-c3ccc(C)o3)ccc2n1. The van der Waals surface area contributed by atoms with Gasteiger partial charge in [0.05, 0.1) is 11.9 Å². The minimum atomic E-state index is 0.735. The van der Waals surface area contributed by atoms with Crippen molar-refractivity contribution in [2.75, 3.05) is 7.05 Å². The predicted octanol–water partition coefficient (Wildman–Crippen LogP) is 2.02. The quantitative estimate of drug-likeness (QED) is 0.763. The fraction of sp³-hybridized carbons (Fsp3) is 0.231. The van der Waals surface area contributed by atoms with Crippen LogP contribution in [-0.4, -0.2) is 21.6 Å². The van der Waals surface area contributed by atoms with Crippen molar-refractivity contribution in [3.63, 3.8) is 0 Å². The number of imidazole rings is 1. The van der Waals surface area contributed by atoms with E-state index in [9.17, 15) is 0 Å². The van der Waals surface area contributed by atoms with Crippen molar-refractivity contribution in [2.24, 2.45) is 0 Å². The fourth-order valence-electron chi connectivity index (χ4n) is 1.90. The highest BCUT2D eigenvalue weighted by Gasteiger charge is 2.07. The zero-order valence-corrected chi connectivity index (χ0v) is 10.3. The summed E-state index contributed by atoms with van der Waals surface area (Å²) in [4.78, 5) is 4.45. The average molecular weight is 242 g/mol. The second kappa shape index (κ2) is 4.27. The van der Waals surface area contributed by atoms with Gasteiger partial charge in [-0.05, 0) is 38.2 Å². The third kappa shape index (κ3) is 1.89. The van der Waals surface area contributed by atoms with Gasteiger partial charge in [-0.25, -0.2) is 9.50 Å². The van der Waals surface area contributed by atoms with Crippen LogP contribution in [0.4, 0.5) is 0 Å². The highest BCUT2D eigenvalue weighted by Crippen LogP contribution is 2.19. The van der Waals surface area contributed by atoms with E-state index in [1.807, 2.05) is 44.4 Å². The maximum absolute atomic E-state index is 5.56. The van der Waals surface area contributed by atoms with Crippen LogP contribution < -0.4 is 5.32 Å². The van der Waals surface area contributed by atoms with Gasteiger partial charge in [-0.1, -0.05) is 0 Å². The summed E-state index contributed by atoms with van der Waals surface area (Å²) in [5, 5.41) is 7.57. The third-order valence-electron chi connectivity index (χ3n) is 2.72. The van der Waals surface area contributed by atoms with Crippen LogP contribution in [0.1, 0.15) is 11.5 Å². The van der Waals surface area contributed by atoms with Crippen LogP contribution in [0.2, 0.25) is 0 Å². The normalized spacial score (nSPS) is 11.2. The van der Waals surface area contributed by atoms with E-state index in [0.29, 0.717) is 0 Å². The van der Waals surface area contributed by atoms with E-state index in [1.54, 1.807) is 4.52 Å². The molecule has 0 atom stereocenters. The van der Waals surface area contributed by atoms with E-state index in [-0.39, 0.29) is 0 Å². The molecule has 0 saturated heterocycles. The first-order valence-electron chi connectivity index (χ1n) is 5.83. The summed E-state index contributed by atoms with van der Waals surface area (Å²) in [5.41, 5.74) is 2.62. The number of hydrogen-bond acceptors (Lipinski definition) is 4. The number of aryl methyl sites for hydroxylation is 1. The molecule has 0 bridgehead atoms. The van der Waals surface area contributed by atoms with Gasteiger partial charge in [0.2, 0.25) is 0 Å². The Kier molecular flexibility index (Phi) is 2.60. The lowest BCUT2D eigenvalue weighted by Gasteiger charge is -1.97. The first-order valence-corrected chi connectivity index (χ1v) is 5.83. The van der Waals surface area contributed by atoms with Gasteiger partial charge < -0.3 is 9.73 Å². The number of furan rings is 1. The topological polar surface area (TPSA) is 55.4 Å². The van der Waals surface area contributed by atoms with Gasteiger partial charge in [0.25, 0.3) is 0 Å². The standard InChI is InChI=1S/C13H14N4O/c1-9-3-5-12(18-9)11-4-6-13-15-10(7-14-2)8-17(13)16-11/h3-6,8,14H,7H2,1-2H3. The maximum atomic E-state index is 5.56. The van der Waals surface area contributed by atoms with Gasteiger partial charge in [0.1, 0.15) is 11.5 Å². The molecule has 0 aliphatic carbocycles. The minimum Gasteiger partial charge on any atom is -0.460 e. The highest BCUT2D eigenvalue weighted by atomic mass is 16.3. The van der Waals surface area contributed by atoms with E-state index in [4.69, 9.17) is 4.42 Å². The smallest absolute Gasteiger partial charge is 0.154 e. The maximum Gasteiger partial charge on any atom is 0.154 e. The number of fused-ring (bicyclic) bond motifs is 1. The van der Waals surface area contributed by atoms with Crippen molar-refractivity contribution >= 4 is 5.65 Å². The Bertz CT molecular complexity index is 683. The molecule has 0 aliphatic heterocycles. The summed E-state index contributed by atoms with van der Waals surface area (Å²) in [5.74, 6) is 1.66. The molecule has 0 amide bonds. The molecule has 0 aromatic carbocycles. The molecule has 0 unspecified atom stereocenters. The van der Waals surface area contributed by atoms with Gasteiger partial charge in [0.15, 0.2) is 11.4 Å². The van der Waals surface area contributed by atoms with Crippen LogP contribution in [0, 0.1) is 6.92 Å². The molecule has 18 heavy (non-hydrogen) atoms. The van der Waals surface area contributed by atoms with Crippen LogP contribution in [0.15, 0.2) is 34.9 Å². The summed E-state index contributed by atoms with van der Waals surface area (Å²) in [7, 11) is 1.90. The molecule has 5 nitrogen and oxygen atoms in total. The van der Waals surface area contributed by atoms with E-state index in [1.165, 1.54) is 0 Å². The lowest BCUT2D eigenvalue weighted by atomic mass is 10.3. The molecule has 0 fully saturated rings. The lowest BCUT2D eigenvalue weighted by molar-refractivity contribution is 0.545. The Morgan fingerprint density at radius 1 is 1.28 bits per heavy atom. The molecule has 3 heterocycles. The molecule has 0 radical (unpaired) electrons. The number of aromatic nitrogens is 3. The van der Waals surface area contributed by atoms with Crippen LogP contribution in [0.3, 0.4) is 0 Å². The first-order chi connectivity index (χ1) is 8.76. The second-order valence-electron chi connectivity index (χ2n) is 4.19. The molecular formula is C13H14N4O. The van der Waals surface area contributed by atoms with Crippen molar-refractivity contribution < 1.29 is 4.42 Å². The summed E-state index contributed by atoms with van der Waals surface area (Å²) in [6, 6.07) is 7.72. The van der Waals surface area contributed by atoms with E-state index in [2.05, 4.69) is 15.4 Å². The highest BCUT2D eigenvalue weighted by molar-refractivity contribution is 5.54. The number of rotatable bonds is 3. The minimum absolute atomic E-state index is 0.735. The van der Waals surface area contributed by atoms with Crippen LogP contribution in [-0.2, 0) is 6.54 Å². The summed E-state index contributed by atoms with van der Waals surface area (Å²) in [6.07, 6.45) is 1.92. The first kappa shape index (κ1) is 11.0. The zero-order chi connectivity index (χ0) is 12.5. The van der Waals surface area contributed by atoms with Crippen molar-refractivity contribution in [3.05, 3.63) is 41.9 Å². The monoisotopic (exact) mass is 242 g/mol. The van der Waals surface area contributed by atoms with E-state index < -0.39 is 0 Å². The number of nitrogens with one attached hydrogen (secondary N) is 1. The summed E-state index contributed by atoms with van der Waals surface area (Å²) >= 11 is 0. The molecule has 3 rings (SSSR count). The lowest BCUT2D eigenvalue weighted by Crippen LogP contribution is -2.04. The third-order valence-corrected chi connectivity index (χ3v) is 2.72. The summed E-state index contributed by atoms with van der Waals surface area (Å²) < 4.78 is 7.34. The number of nitrogens with zero attached hydrogens (tertiary/aromatic N) is 3. The molecule has 3 aromatic rings. The average Bonchev–Trinajstić information content (AvgIpc) is 2.94. The molecule has 0 aliphatic rings. The molecule has 5 heteroatoms. The van der Waals surface area contributed by atoms with Crippen LogP contribution in [0.25, 0.3) is 17.1 Å². The Morgan fingerprint density at radius 3 is 2.89 bits per heavy atom. The van der Waals surface area contributed by atoms with Gasteiger partial charge in [0, 0.05) is 6.54 Å². The van der Waals surface area contributed by atoms with Crippen molar-refractivity contribution in [1.29, 1.82) is 0 Å². The van der Waals surface area contributed by atoms with Crippen LogP contribution >= 0.6 is 0 Å². The molecular weight excluding hydrogens is 228 g/mol. The zero-order valence-electron chi connectivity index (χ0n) is 10.3. The second-order valence-corrected chi connectivity index (χ2v) is 4.19. The molecule has 3 aromatic heterocycles. The molecule has 92 valence electrons. The van der Waals surface area contributed by atoms with Gasteiger partial charge in [-0.3, -0.25) is 0 Å². The molecule has 1 N–H and O–H groups in total. The van der Waals surface area contributed by atoms with Crippen molar-refractivity contribution in [3.8, 4) is 11.5 Å². The Balaban J connectivity index is 2.05. The number of hydrogen-bond donors (Lipinski definition) is 1. The van der Waals surface area contributed by atoms with Crippen molar-refractivity contribution in [1.82, 2.24) is 19.9 Å². The van der Waals surface area contributed by atoms with Crippen LogP contribution in [0.5, 0.6) is 0 Å². The Morgan fingerprint density at radius 2 is 2.17 bits per heavy atom. The Labute approximate surface area is 104 Å². The fourth-order valence-corrected chi connectivity index (χ4v) is 1.90.